The summed E-state index contributed by atoms with van der Waals surface area (Å²) < 4.78 is 0. The third kappa shape index (κ3) is 3.53. The molecule has 0 spiro atoms. The van der Waals surface area contributed by atoms with Gasteiger partial charge in [-0.2, -0.15) is 0 Å². The van der Waals surface area contributed by atoms with E-state index in [1.54, 1.807) is 13.8 Å². The number of ketones is 2. The van der Waals surface area contributed by atoms with Gasteiger partial charge in [0.25, 0.3) is 0 Å². The first-order valence-electron chi connectivity index (χ1n) is 7.15. The lowest BCUT2D eigenvalue weighted by molar-refractivity contribution is -0.118. The van der Waals surface area contributed by atoms with Crippen LogP contribution in [0.15, 0.2) is 29.3 Å². The molecule has 0 radical (unpaired) electrons. The summed E-state index contributed by atoms with van der Waals surface area (Å²) in [7, 11) is 0. The molecule has 112 valence electrons. The minimum atomic E-state index is -0.162. The number of benzene rings is 1. The number of allylic oxidation sites excluding steroid dienone is 2. The van der Waals surface area contributed by atoms with Gasteiger partial charge >= 0.3 is 0 Å². The average Bonchev–Trinajstić information content (AvgIpc) is 2.55. The molecular formula is C17H20ClNO2. The van der Waals surface area contributed by atoms with Crippen LogP contribution in [0.2, 0.25) is 5.02 Å². The number of carbonyl (C=O) groups excluding carboxylic acids is 2. The Bertz CT molecular complexity index is 619. The molecule has 4 heteroatoms. The van der Waals surface area contributed by atoms with Crippen molar-refractivity contribution >= 4 is 28.9 Å². The van der Waals surface area contributed by atoms with Gasteiger partial charge in [-0.05, 0) is 56.0 Å². The predicted octanol–water partition coefficient (Wildman–Crippen LogP) is 3.94. The number of hydrogen-bond acceptors (Lipinski definition) is 3. The first-order chi connectivity index (χ1) is 9.90. The lowest BCUT2D eigenvalue weighted by Gasteiger charge is -2.17. The highest BCUT2D eigenvalue weighted by Gasteiger charge is 2.27. The van der Waals surface area contributed by atoms with Gasteiger partial charge in [0.05, 0.1) is 0 Å². The molecule has 0 heterocycles. The van der Waals surface area contributed by atoms with E-state index in [1.807, 2.05) is 25.1 Å². The van der Waals surface area contributed by atoms with E-state index >= 15 is 0 Å². The lowest BCUT2D eigenvalue weighted by atomic mass is 9.95. The Morgan fingerprint density at radius 1 is 1.19 bits per heavy atom. The standard InChI is InChI=1S/C17H20ClNO2/c1-10-4-6-14(18)8-15(10)19-9-13-5-7-16(20)11(2)12(3)17(13)21/h4,6,8,13,19H,5,7,9H2,1-3H3. The zero-order valence-electron chi connectivity index (χ0n) is 12.6. The molecule has 1 aromatic carbocycles. The summed E-state index contributed by atoms with van der Waals surface area (Å²) in [4.78, 5) is 24.2. The van der Waals surface area contributed by atoms with Gasteiger partial charge in [-0.1, -0.05) is 17.7 Å². The van der Waals surface area contributed by atoms with E-state index in [1.165, 1.54) is 0 Å². The number of nitrogens with one attached hydrogen (secondary N) is 1. The highest BCUT2D eigenvalue weighted by molar-refractivity contribution is 6.30. The molecule has 1 unspecified atom stereocenters. The second-order valence-electron chi connectivity index (χ2n) is 5.61. The van der Waals surface area contributed by atoms with E-state index < -0.39 is 0 Å². The number of Topliss-reactive ketones (excluding diaryl/α,β-unsaturated/α-hetero) is 2. The van der Waals surface area contributed by atoms with Gasteiger partial charge in [-0.15, -0.1) is 0 Å². The van der Waals surface area contributed by atoms with Crippen LogP contribution in [-0.2, 0) is 9.59 Å². The van der Waals surface area contributed by atoms with Crippen molar-refractivity contribution < 1.29 is 9.59 Å². The van der Waals surface area contributed by atoms with Crippen molar-refractivity contribution in [2.75, 3.05) is 11.9 Å². The number of hydrogen-bond donors (Lipinski definition) is 1. The minimum absolute atomic E-state index is 0.0746. The van der Waals surface area contributed by atoms with Gasteiger partial charge in [-0.25, -0.2) is 0 Å². The van der Waals surface area contributed by atoms with Crippen molar-refractivity contribution in [3.05, 3.63) is 39.9 Å². The molecule has 1 aliphatic carbocycles. The summed E-state index contributed by atoms with van der Waals surface area (Å²) in [6.07, 6.45) is 1.04. The van der Waals surface area contributed by atoms with E-state index in [4.69, 9.17) is 11.6 Å². The van der Waals surface area contributed by atoms with Crippen LogP contribution >= 0.6 is 11.6 Å². The highest BCUT2D eigenvalue weighted by Crippen LogP contribution is 2.25. The highest BCUT2D eigenvalue weighted by atomic mass is 35.5. The Balaban J connectivity index is 2.11. The number of anilines is 1. The summed E-state index contributed by atoms with van der Waals surface area (Å²) in [5.74, 6) is -0.00222. The number of aryl methyl sites for hydroxylation is 1. The first-order valence-corrected chi connectivity index (χ1v) is 7.53. The molecule has 0 bridgehead atoms. The molecule has 0 saturated heterocycles. The Morgan fingerprint density at radius 2 is 1.90 bits per heavy atom. The van der Waals surface area contributed by atoms with Crippen molar-refractivity contribution in [1.29, 1.82) is 0 Å². The molecule has 1 N–H and O–H groups in total. The molecule has 0 aromatic heterocycles. The fourth-order valence-electron chi connectivity index (χ4n) is 2.54. The van der Waals surface area contributed by atoms with Crippen molar-refractivity contribution in [2.24, 2.45) is 5.92 Å². The Labute approximate surface area is 130 Å². The second-order valence-corrected chi connectivity index (χ2v) is 6.05. The van der Waals surface area contributed by atoms with Crippen molar-refractivity contribution in [3.63, 3.8) is 0 Å². The van der Waals surface area contributed by atoms with Gasteiger partial charge in [0.1, 0.15) is 0 Å². The zero-order chi connectivity index (χ0) is 15.6. The maximum absolute atomic E-state index is 12.4. The SMILES string of the molecule is CC1=C(C)C(=O)C(CNc2cc(Cl)ccc2C)CCC1=O. The average molecular weight is 306 g/mol. The van der Waals surface area contributed by atoms with E-state index in [0.29, 0.717) is 35.6 Å². The van der Waals surface area contributed by atoms with Gasteiger partial charge < -0.3 is 5.32 Å². The monoisotopic (exact) mass is 305 g/mol. The van der Waals surface area contributed by atoms with E-state index in [9.17, 15) is 9.59 Å². The number of halogens is 1. The van der Waals surface area contributed by atoms with Gasteiger partial charge in [0.15, 0.2) is 11.6 Å². The van der Waals surface area contributed by atoms with Crippen LogP contribution in [0, 0.1) is 12.8 Å². The van der Waals surface area contributed by atoms with Crippen molar-refractivity contribution in [3.8, 4) is 0 Å². The fourth-order valence-corrected chi connectivity index (χ4v) is 2.71. The molecule has 21 heavy (non-hydrogen) atoms. The summed E-state index contributed by atoms with van der Waals surface area (Å²) in [5, 5.41) is 3.96. The predicted molar refractivity (Wildman–Crippen MR) is 85.8 cm³/mol. The molecular weight excluding hydrogens is 286 g/mol. The third-order valence-corrected chi connectivity index (χ3v) is 4.41. The Morgan fingerprint density at radius 3 is 2.62 bits per heavy atom. The third-order valence-electron chi connectivity index (χ3n) is 4.18. The minimum Gasteiger partial charge on any atom is -0.384 e. The van der Waals surface area contributed by atoms with Crippen LogP contribution < -0.4 is 5.32 Å². The Kier molecular flexibility index (Phi) is 4.84. The molecule has 3 nitrogen and oxygen atoms in total. The topological polar surface area (TPSA) is 46.2 Å². The molecule has 0 amide bonds. The van der Waals surface area contributed by atoms with Gasteiger partial charge in [0.2, 0.25) is 0 Å². The normalized spacial score (nSPS) is 19.7. The van der Waals surface area contributed by atoms with E-state index in [2.05, 4.69) is 5.32 Å². The Hall–Kier alpha value is -1.61. The van der Waals surface area contributed by atoms with Crippen LogP contribution in [-0.4, -0.2) is 18.1 Å². The van der Waals surface area contributed by atoms with Crippen LogP contribution in [0.5, 0.6) is 0 Å². The smallest absolute Gasteiger partial charge is 0.163 e. The lowest BCUT2D eigenvalue weighted by Crippen LogP contribution is -2.23. The molecule has 1 atom stereocenters. The molecule has 0 saturated carbocycles. The van der Waals surface area contributed by atoms with Crippen LogP contribution in [0.1, 0.15) is 32.3 Å². The van der Waals surface area contributed by atoms with Crippen molar-refractivity contribution in [1.82, 2.24) is 0 Å². The number of carbonyl (C=O) groups is 2. The fraction of sp³-hybridized carbons (Fsp3) is 0.412. The maximum Gasteiger partial charge on any atom is 0.163 e. The maximum atomic E-state index is 12.4. The summed E-state index contributed by atoms with van der Waals surface area (Å²) in [6, 6.07) is 5.64. The van der Waals surface area contributed by atoms with Gasteiger partial charge in [-0.3, -0.25) is 9.59 Å². The number of rotatable bonds is 3. The van der Waals surface area contributed by atoms with Crippen LogP contribution in [0.4, 0.5) is 5.69 Å². The summed E-state index contributed by atoms with van der Waals surface area (Å²) >= 11 is 6.00. The molecule has 0 fully saturated rings. The van der Waals surface area contributed by atoms with Crippen LogP contribution in [0.3, 0.4) is 0 Å². The molecule has 1 aromatic rings. The van der Waals surface area contributed by atoms with Gasteiger partial charge in [0, 0.05) is 29.6 Å². The zero-order valence-corrected chi connectivity index (χ0v) is 13.4. The second kappa shape index (κ2) is 6.44. The molecule has 0 aliphatic heterocycles. The van der Waals surface area contributed by atoms with E-state index in [-0.39, 0.29) is 17.5 Å². The summed E-state index contributed by atoms with van der Waals surface area (Å²) in [5.41, 5.74) is 3.23. The van der Waals surface area contributed by atoms with Crippen LogP contribution in [0.25, 0.3) is 0 Å². The van der Waals surface area contributed by atoms with E-state index in [0.717, 1.165) is 11.3 Å². The largest absolute Gasteiger partial charge is 0.384 e. The molecule has 1 aliphatic rings. The molecule has 2 rings (SSSR count). The summed E-state index contributed by atoms with van der Waals surface area (Å²) in [6.45, 7) is 6.01. The quantitative estimate of drug-likeness (QED) is 0.920. The van der Waals surface area contributed by atoms with Crippen molar-refractivity contribution in [2.45, 2.75) is 33.6 Å². The first kappa shape index (κ1) is 15.8.